The maximum absolute atomic E-state index is 6.28. The van der Waals surface area contributed by atoms with Crippen molar-refractivity contribution in [3.63, 3.8) is 0 Å². The quantitative estimate of drug-likeness (QED) is 0.905. The van der Waals surface area contributed by atoms with Crippen molar-refractivity contribution in [1.29, 1.82) is 0 Å². The molecule has 1 fully saturated rings. The Labute approximate surface area is 119 Å². The molecule has 4 heteroatoms. The second-order valence-corrected chi connectivity index (χ2v) is 5.76. The molecule has 100 valence electrons. The van der Waals surface area contributed by atoms with E-state index in [1.165, 1.54) is 0 Å². The molecular formula is C14H20Cl2N2. The van der Waals surface area contributed by atoms with Crippen molar-refractivity contribution in [2.24, 2.45) is 0 Å². The fourth-order valence-electron chi connectivity index (χ4n) is 2.72. The van der Waals surface area contributed by atoms with E-state index in [0.29, 0.717) is 17.1 Å². The molecule has 1 N–H and O–H groups in total. The van der Waals surface area contributed by atoms with Gasteiger partial charge in [-0.3, -0.25) is 0 Å². The van der Waals surface area contributed by atoms with Crippen LogP contribution in [0, 0.1) is 0 Å². The van der Waals surface area contributed by atoms with Crippen molar-refractivity contribution in [1.82, 2.24) is 5.32 Å². The molecule has 1 aliphatic heterocycles. The number of nitrogens with one attached hydrogen (secondary N) is 1. The molecule has 1 saturated heterocycles. The van der Waals surface area contributed by atoms with Crippen molar-refractivity contribution in [3.8, 4) is 0 Å². The Kier molecular flexibility index (Phi) is 4.77. The monoisotopic (exact) mass is 286 g/mol. The second-order valence-electron chi connectivity index (χ2n) is 4.92. The summed E-state index contributed by atoms with van der Waals surface area (Å²) in [7, 11) is 0. The van der Waals surface area contributed by atoms with Crippen molar-refractivity contribution >= 4 is 28.9 Å². The van der Waals surface area contributed by atoms with Gasteiger partial charge in [-0.25, -0.2) is 0 Å². The van der Waals surface area contributed by atoms with Crippen molar-refractivity contribution in [3.05, 3.63) is 28.2 Å². The zero-order valence-corrected chi connectivity index (χ0v) is 12.4. The molecule has 0 bridgehead atoms. The van der Waals surface area contributed by atoms with Gasteiger partial charge in [-0.1, -0.05) is 30.1 Å². The SMILES string of the molecule is CCNC1CCN(c2ccc(Cl)cc2Cl)C(C)C1. The molecule has 0 saturated carbocycles. The van der Waals surface area contributed by atoms with Crippen LogP contribution in [-0.4, -0.2) is 25.2 Å². The Hall–Kier alpha value is -0.440. The molecule has 0 radical (unpaired) electrons. The molecule has 1 aromatic rings. The van der Waals surface area contributed by atoms with Gasteiger partial charge in [-0.05, 0) is 44.5 Å². The summed E-state index contributed by atoms with van der Waals surface area (Å²) in [6.07, 6.45) is 2.32. The molecule has 18 heavy (non-hydrogen) atoms. The topological polar surface area (TPSA) is 15.3 Å². The molecule has 1 heterocycles. The van der Waals surface area contributed by atoms with E-state index in [1.54, 1.807) is 0 Å². The Morgan fingerprint density at radius 3 is 2.78 bits per heavy atom. The minimum Gasteiger partial charge on any atom is -0.368 e. The number of halogens is 2. The molecule has 1 aliphatic rings. The molecule has 2 unspecified atom stereocenters. The zero-order chi connectivity index (χ0) is 13.1. The van der Waals surface area contributed by atoms with Crippen LogP contribution in [0.5, 0.6) is 0 Å². The number of anilines is 1. The van der Waals surface area contributed by atoms with E-state index in [0.717, 1.165) is 36.6 Å². The highest BCUT2D eigenvalue weighted by Crippen LogP contribution is 2.32. The Bertz CT molecular complexity index is 409. The third-order valence-corrected chi connectivity index (χ3v) is 4.13. The predicted octanol–water partition coefficient (Wildman–Crippen LogP) is 3.96. The van der Waals surface area contributed by atoms with Gasteiger partial charge >= 0.3 is 0 Å². The van der Waals surface area contributed by atoms with Gasteiger partial charge in [-0.15, -0.1) is 0 Å². The van der Waals surface area contributed by atoms with Crippen LogP contribution in [0.15, 0.2) is 18.2 Å². The summed E-state index contributed by atoms with van der Waals surface area (Å²) in [6, 6.07) is 6.89. The van der Waals surface area contributed by atoms with E-state index in [1.807, 2.05) is 18.2 Å². The van der Waals surface area contributed by atoms with Gasteiger partial charge in [-0.2, -0.15) is 0 Å². The van der Waals surface area contributed by atoms with Gasteiger partial charge in [0.1, 0.15) is 0 Å². The summed E-state index contributed by atoms with van der Waals surface area (Å²) in [6.45, 7) is 6.50. The van der Waals surface area contributed by atoms with Gasteiger partial charge < -0.3 is 10.2 Å². The second kappa shape index (κ2) is 6.14. The number of piperidine rings is 1. The minimum atomic E-state index is 0.501. The lowest BCUT2D eigenvalue weighted by Gasteiger charge is -2.40. The van der Waals surface area contributed by atoms with Crippen LogP contribution < -0.4 is 10.2 Å². The third kappa shape index (κ3) is 3.11. The standard InChI is InChI=1S/C14H20Cl2N2/c1-3-17-12-6-7-18(10(2)8-12)14-5-4-11(15)9-13(14)16/h4-5,9-10,12,17H,3,6-8H2,1-2H3. The van der Waals surface area contributed by atoms with Gasteiger partial charge in [0, 0.05) is 23.7 Å². The third-order valence-electron chi connectivity index (χ3n) is 3.59. The Balaban J connectivity index is 2.10. The number of rotatable bonds is 3. The summed E-state index contributed by atoms with van der Waals surface area (Å²) in [5.41, 5.74) is 1.10. The molecule has 0 amide bonds. The summed E-state index contributed by atoms with van der Waals surface area (Å²) >= 11 is 12.2. The smallest absolute Gasteiger partial charge is 0.0654 e. The molecule has 0 spiro atoms. The van der Waals surface area contributed by atoms with Gasteiger partial charge in [0.25, 0.3) is 0 Å². The summed E-state index contributed by atoms with van der Waals surface area (Å²) in [4.78, 5) is 2.38. The maximum Gasteiger partial charge on any atom is 0.0654 e. The predicted molar refractivity (Wildman–Crippen MR) is 80.0 cm³/mol. The van der Waals surface area contributed by atoms with E-state index in [4.69, 9.17) is 23.2 Å². The van der Waals surface area contributed by atoms with Crippen molar-refractivity contribution in [2.45, 2.75) is 38.8 Å². The highest BCUT2D eigenvalue weighted by Gasteiger charge is 2.26. The van der Waals surface area contributed by atoms with Crippen LogP contribution in [-0.2, 0) is 0 Å². The number of hydrogen-bond donors (Lipinski definition) is 1. The fraction of sp³-hybridized carbons (Fsp3) is 0.571. The average Bonchev–Trinajstić information content (AvgIpc) is 2.31. The van der Waals surface area contributed by atoms with E-state index in [2.05, 4.69) is 24.1 Å². The molecule has 0 aromatic heterocycles. The molecule has 2 nitrogen and oxygen atoms in total. The van der Waals surface area contributed by atoms with Gasteiger partial charge in [0.2, 0.25) is 0 Å². The number of nitrogens with zero attached hydrogens (tertiary/aromatic N) is 1. The molecule has 0 aliphatic carbocycles. The van der Waals surface area contributed by atoms with Crippen LogP contribution in [0.3, 0.4) is 0 Å². The van der Waals surface area contributed by atoms with Crippen LogP contribution in [0.25, 0.3) is 0 Å². The summed E-state index contributed by atoms with van der Waals surface area (Å²) in [5, 5.41) is 4.97. The van der Waals surface area contributed by atoms with E-state index >= 15 is 0 Å². The number of benzene rings is 1. The fourth-order valence-corrected chi connectivity index (χ4v) is 3.24. The Morgan fingerprint density at radius 1 is 1.39 bits per heavy atom. The van der Waals surface area contributed by atoms with E-state index in [-0.39, 0.29) is 0 Å². The van der Waals surface area contributed by atoms with Gasteiger partial charge in [0.15, 0.2) is 0 Å². The first-order chi connectivity index (χ1) is 8.61. The number of hydrogen-bond acceptors (Lipinski definition) is 2. The lowest BCUT2D eigenvalue weighted by molar-refractivity contribution is 0.374. The molecule has 1 aromatic carbocycles. The largest absolute Gasteiger partial charge is 0.368 e. The zero-order valence-electron chi connectivity index (χ0n) is 10.9. The first-order valence-corrected chi connectivity index (χ1v) is 7.32. The van der Waals surface area contributed by atoms with E-state index in [9.17, 15) is 0 Å². The summed E-state index contributed by atoms with van der Waals surface area (Å²) in [5.74, 6) is 0. The first-order valence-electron chi connectivity index (χ1n) is 6.57. The minimum absolute atomic E-state index is 0.501. The summed E-state index contributed by atoms with van der Waals surface area (Å²) < 4.78 is 0. The Morgan fingerprint density at radius 2 is 2.17 bits per heavy atom. The molecule has 2 rings (SSSR count). The van der Waals surface area contributed by atoms with Crippen molar-refractivity contribution < 1.29 is 0 Å². The molecular weight excluding hydrogens is 267 g/mol. The van der Waals surface area contributed by atoms with Crippen molar-refractivity contribution in [2.75, 3.05) is 18.0 Å². The van der Waals surface area contributed by atoms with Crippen LogP contribution in [0.4, 0.5) is 5.69 Å². The lowest BCUT2D eigenvalue weighted by atomic mass is 9.97. The average molecular weight is 287 g/mol. The van der Waals surface area contributed by atoms with Gasteiger partial charge in [0.05, 0.1) is 10.7 Å². The lowest BCUT2D eigenvalue weighted by Crippen LogP contribution is -2.47. The highest BCUT2D eigenvalue weighted by molar-refractivity contribution is 6.36. The highest BCUT2D eigenvalue weighted by atomic mass is 35.5. The van der Waals surface area contributed by atoms with Crippen LogP contribution in [0.2, 0.25) is 10.0 Å². The van der Waals surface area contributed by atoms with Crippen LogP contribution in [0.1, 0.15) is 26.7 Å². The maximum atomic E-state index is 6.28. The van der Waals surface area contributed by atoms with Crippen LogP contribution >= 0.6 is 23.2 Å². The normalized spacial score (nSPS) is 24.3. The molecule has 2 atom stereocenters. The first kappa shape index (κ1) is 14.0. The van der Waals surface area contributed by atoms with E-state index < -0.39 is 0 Å².